The Hall–Kier alpha value is -0.900. The van der Waals surface area contributed by atoms with Crippen molar-refractivity contribution in [3.8, 4) is 0 Å². The van der Waals surface area contributed by atoms with E-state index in [1.807, 2.05) is 32.2 Å². The first kappa shape index (κ1) is 12.6. The Kier molecular flexibility index (Phi) is 4.15. The van der Waals surface area contributed by atoms with Crippen LogP contribution in [0.25, 0.3) is 0 Å². The van der Waals surface area contributed by atoms with Crippen LogP contribution in [0.3, 0.4) is 0 Å². The second-order valence-corrected chi connectivity index (χ2v) is 5.18. The molecule has 1 N–H and O–H groups in total. The molecule has 2 aromatic rings. The highest BCUT2D eigenvalue weighted by Gasteiger charge is 2.10. The summed E-state index contributed by atoms with van der Waals surface area (Å²) in [6.07, 6.45) is 1.71. The van der Waals surface area contributed by atoms with Crippen molar-refractivity contribution in [3.05, 3.63) is 46.9 Å². The SMILES string of the molecule is CNCc1c(Cl)cccc1Sc1ccoc1C. The lowest BCUT2D eigenvalue weighted by molar-refractivity contribution is 0.527. The maximum absolute atomic E-state index is 6.21. The van der Waals surface area contributed by atoms with Crippen molar-refractivity contribution in [2.75, 3.05) is 7.05 Å². The van der Waals surface area contributed by atoms with Crippen LogP contribution in [0.1, 0.15) is 11.3 Å². The summed E-state index contributed by atoms with van der Waals surface area (Å²) < 4.78 is 5.30. The minimum absolute atomic E-state index is 0.763. The third-order valence-electron chi connectivity index (χ3n) is 2.46. The molecule has 1 aromatic heterocycles. The molecule has 0 amide bonds. The molecule has 2 nitrogen and oxygen atoms in total. The molecule has 0 aliphatic rings. The van der Waals surface area contributed by atoms with Crippen molar-refractivity contribution in [2.24, 2.45) is 0 Å². The number of hydrogen-bond acceptors (Lipinski definition) is 3. The van der Waals surface area contributed by atoms with Gasteiger partial charge in [-0.05, 0) is 37.7 Å². The Morgan fingerprint density at radius 3 is 2.76 bits per heavy atom. The molecule has 0 aliphatic carbocycles. The minimum Gasteiger partial charge on any atom is -0.468 e. The van der Waals surface area contributed by atoms with Crippen LogP contribution in [0, 0.1) is 6.92 Å². The largest absolute Gasteiger partial charge is 0.468 e. The summed E-state index contributed by atoms with van der Waals surface area (Å²) in [5.41, 5.74) is 1.13. The lowest BCUT2D eigenvalue weighted by atomic mass is 10.2. The van der Waals surface area contributed by atoms with Gasteiger partial charge in [-0.2, -0.15) is 0 Å². The lowest BCUT2D eigenvalue weighted by Crippen LogP contribution is -2.06. The number of rotatable bonds is 4. The van der Waals surface area contributed by atoms with Crippen molar-refractivity contribution >= 4 is 23.4 Å². The van der Waals surface area contributed by atoms with Gasteiger partial charge in [-0.1, -0.05) is 29.4 Å². The molecule has 17 heavy (non-hydrogen) atoms. The molecular weight excluding hydrogens is 254 g/mol. The van der Waals surface area contributed by atoms with Crippen LogP contribution < -0.4 is 5.32 Å². The molecule has 1 heterocycles. The average Bonchev–Trinajstić information content (AvgIpc) is 2.70. The number of hydrogen-bond donors (Lipinski definition) is 1. The van der Waals surface area contributed by atoms with E-state index < -0.39 is 0 Å². The van der Waals surface area contributed by atoms with Gasteiger partial charge in [0, 0.05) is 16.5 Å². The van der Waals surface area contributed by atoms with E-state index in [0.717, 1.165) is 32.7 Å². The van der Waals surface area contributed by atoms with E-state index in [4.69, 9.17) is 16.0 Å². The maximum Gasteiger partial charge on any atom is 0.114 e. The van der Waals surface area contributed by atoms with Crippen LogP contribution in [0.15, 0.2) is 44.7 Å². The molecule has 90 valence electrons. The summed E-state index contributed by atoms with van der Waals surface area (Å²) in [5.74, 6) is 0.936. The Morgan fingerprint density at radius 2 is 2.12 bits per heavy atom. The zero-order valence-electron chi connectivity index (χ0n) is 9.79. The zero-order chi connectivity index (χ0) is 12.3. The quantitative estimate of drug-likeness (QED) is 0.902. The van der Waals surface area contributed by atoms with Crippen molar-refractivity contribution in [3.63, 3.8) is 0 Å². The van der Waals surface area contributed by atoms with Crippen LogP contribution in [-0.2, 0) is 6.54 Å². The molecule has 0 spiro atoms. The number of aryl methyl sites for hydroxylation is 1. The van der Waals surface area contributed by atoms with Crippen molar-refractivity contribution in [1.29, 1.82) is 0 Å². The highest BCUT2D eigenvalue weighted by molar-refractivity contribution is 7.99. The number of benzene rings is 1. The van der Waals surface area contributed by atoms with Crippen LogP contribution in [0.2, 0.25) is 5.02 Å². The predicted molar refractivity (Wildman–Crippen MR) is 71.8 cm³/mol. The Bertz CT molecular complexity index is 510. The van der Waals surface area contributed by atoms with E-state index in [1.54, 1.807) is 18.0 Å². The smallest absolute Gasteiger partial charge is 0.114 e. The van der Waals surface area contributed by atoms with Crippen molar-refractivity contribution in [1.82, 2.24) is 5.32 Å². The maximum atomic E-state index is 6.21. The summed E-state index contributed by atoms with van der Waals surface area (Å²) in [4.78, 5) is 2.29. The molecule has 1 aromatic carbocycles. The van der Waals surface area contributed by atoms with E-state index in [0.29, 0.717) is 0 Å². The standard InChI is InChI=1S/C13H14ClNOS/c1-9-12(6-7-16-9)17-13-5-3-4-11(14)10(13)8-15-2/h3-7,15H,8H2,1-2H3. The molecule has 0 atom stereocenters. The fraction of sp³-hybridized carbons (Fsp3) is 0.231. The molecule has 0 fully saturated rings. The third kappa shape index (κ3) is 2.86. The first-order chi connectivity index (χ1) is 8.22. The Labute approximate surface area is 110 Å². The van der Waals surface area contributed by atoms with Gasteiger partial charge in [0.25, 0.3) is 0 Å². The topological polar surface area (TPSA) is 25.2 Å². The second-order valence-electron chi connectivity index (χ2n) is 3.69. The fourth-order valence-electron chi connectivity index (χ4n) is 1.58. The summed E-state index contributed by atoms with van der Waals surface area (Å²) >= 11 is 7.89. The van der Waals surface area contributed by atoms with Crippen LogP contribution in [0.4, 0.5) is 0 Å². The first-order valence-electron chi connectivity index (χ1n) is 5.36. The lowest BCUT2D eigenvalue weighted by Gasteiger charge is -2.10. The molecular formula is C13H14ClNOS. The number of furan rings is 1. The third-order valence-corrected chi connectivity index (χ3v) is 4.06. The molecule has 0 bridgehead atoms. The predicted octanol–water partition coefficient (Wildman–Crippen LogP) is 4.11. The fourth-order valence-corrected chi connectivity index (χ4v) is 2.88. The van der Waals surface area contributed by atoms with Crippen LogP contribution in [-0.4, -0.2) is 7.05 Å². The van der Waals surface area contributed by atoms with Crippen molar-refractivity contribution in [2.45, 2.75) is 23.3 Å². The van der Waals surface area contributed by atoms with Crippen molar-refractivity contribution < 1.29 is 4.42 Å². The summed E-state index contributed by atoms with van der Waals surface area (Å²) in [6, 6.07) is 7.94. The molecule has 0 unspecified atom stereocenters. The Balaban J connectivity index is 2.32. The van der Waals surface area contributed by atoms with E-state index in [9.17, 15) is 0 Å². The summed E-state index contributed by atoms with van der Waals surface area (Å²) in [5, 5.41) is 3.93. The average molecular weight is 268 g/mol. The van der Waals surface area contributed by atoms with Gasteiger partial charge < -0.3 is 9.73 Å². The second kappa shape index (κ2) is 5.63. The molecule has 2 rings (SSSR count). The van der Waals surface area contributed by atoms with Gasteiger partial charge in [0.05, 0.1) is 11.2 Å². The van der Waals surface area contributed by atoms with Gasteiger partial charge in [0.15, 0.2) is 0 Å². The van der Waals surface area contributed by atoms with Gasteiger partial charge in [-0.25, -0.2) is 0 Å². The highest BCUT2D eigenvalue weighted by Crippen LogP contribution is 2.35. The first-order valence-corrected chi connectivity index (χ1v) is 6.55. The molecule has 0 aliphatic heterocycles. The molecule has 0 saturated heterocycles. The normalized spacial score (nSPS) is 10.8. The van der Waals surface area contributed by atoms with E-state index >= 15 is 0 Å². The van der Waals surface area contributed by atoms with Gasteiger partial charge in [0.1, 0.15) is 5.76 Å². The van der Waals surface area contributed by atoms with Gasteiger partial charge in [-0.15, -0.1) is 0 Å². The van der Waals surface area contributed by atoms with E-state index in [1.165, 1.54) is 0 Å². The number of nitrogens with one attached hydrogen (secondary N) is 1. The summed E-state index contributed by atoms with van der Waals surface area (Å²) in [6.45, 7) is 2.73. The molecule has 0 radical (unpaired) electrons. The minimum atomic E-state index is 0.763. The highest BCUT2D eigenvalue weighted by atomic mass is 35.5. The number of halogens is 1. The van der Waals surface area contributed by atoms with Crippen LogP contribution in [0.5, 0.6) is 0 Å². The molecule has 0 saturated carbocycles. The van der Waals surface area contributed by atoms with E-state index in [2.05, 4.69) is 11.4 Å². The monoisotopic (exact) mass is 267 g/mol. The van der Waals surface area contributed by atoms with E-state index in [-0.39, 0.29) is 0 Å². The van der Waals surface area contributed by atoms with Gasteiger partial charge in [-0.3, -0.25) is 0 Å². The van der Waals surface area contributed by atoms with Gasteiger partial charge >= 0.3 is 0 Å². The Morgan fingerprint density at radius 1 is 1.29 bits per heavy atom. The zero-order valence-corrected chi connectivity index (χ0v) is 11.4. The van der Waals surface area contributed by atoms with Crippen LogP contribution >= 0.6 is 23.4 Å². The van der Waals surface area contributed by atoms with Gasteiger partial charge in [0.2, 0.25) is 0 Å². The molecule has 4 heteroatoms. The summed E-state index contributed by atoms with van der Waals surface area (Å²) in [7, 11) is 1.92.